The third-order valence-electron chi connectivity index (χ3n) is 9.06. The van der Waals surface area contributed by atoms with Crippen LogP contribution in [0.5, 0.6) is 0 Å². The summed E-state index contributed by atoms with van der Waals surface area (Å²) in [7, 11) is 0. The molecule has 0 aromatic carbocycles. The zero-order chi connectivity index (χ0) is 24.7. The van der Waals surface area contributed by atoms with Crippen molar-refractivity contribution in [1.29, 1.82) is 0 Å². The van der Waals surface area contributed by atoms with Crippen molar-refractivity contribution in [2.24, 2.45) is 23.2 Å². The number of ether oxygens (including phenoxy) is 1. The van der Waals surface area contributed by atoms with Crippen LogP contribution in [0.2, 0.25) is 0 Å². The monoisotopic (exact) mass is 483 g/mol. The maximum absolute atomic E-state index is 12.6. The van der Waals surface area contributed by atoms with Crippen LogP contribution in [0.3, 0.4) is 0 Å². The van der Waals surface area contributed by atoms with Crippen LogP contribution in [0.4, 0.5) is 13.2 Å². The van der Waals surface area contributed by atoms with Gasteiger partial charge in [-0.05, 0) is 79.3 Å². The minimum Gasteiger partial charge on any atom is -0.393 e. The van der Waals surface area contributed by atoms with Crippen LogP contribution in [0.15, 0.2) is 35.5 Å². The zero-order valence-corrected chi connectivity index (χ0v) is 20.5. The van der Waals surface area contributed by atoms with Crippen LogP contribution >= 0.6 is 0 Å². The van der Waals surface area contributed by atoms with E-state index >= 15 is 0 Å². The van der Waals surface area contributed by atoms with E-state index < -0.39 is 24.7 Å². The molecule has 0 amide bonds. The molecule has 1 heterocycles. The first-order valence-electron chi connectivity index (χ1n) is 12.9. The summed E-state index contributed by atoms with van der Waals surface area (Å²) in [4.78, 5) is 2.15. The molecule has 4 aliphatic rings. The van der Waals surface area contributed by atoms with Gasteiger partial charge in [0.05, 0.1) is 18.3 Å². The van der Waals surface area contributed by atoms with Crippen LogP contribution in [0.1, 0.15) is 65.2 Å². The van der Waals surface area contributed by atoms with E-state index in [1.165, 1.54) is 12.0 Å². The molecule has 7 heteroatoms. The van der Waals surface area contributed by atoms with Gasteiger partial charge in [0.15, 0.2) is 0 Å². The first-order valence-corrected chi connectivity index (χ1v) is 12.9. The van der Waals surface area contributed by atoms with Gasteiger partial charge in [-0.1, -0.05) is 38.2 Å². The fraction of sp³-hybridized carbons (Fsp3) is 0.778. The van der Waals surface area contributed by atoms with E-state index in [-0.39, 0.29) is 5.41 Å². The van der Waals surface area contributed by atoms with Gasteiger partial charge in [-0.2, -0.15) is 0 Å². The molecule has 0 spiro atoms. The van der Waals surface area contributed by atoms with Crippen molar-refractivity contribution in [3.8, 4) is 0 Å². The molecule has 0 radical (unpaired) electrons. The molecule has 4 nitrogen and oxygen atoms in total. The number of hydrogen-bond donors (Lipinski definition) is 2. The summed E-state index contributed by atoms with van der Waals surface area (Å²) in [6, 6.07) is 0. The number of hydrogen-bond acceptors (Lipinski definition) is 4. The highest BCUT2D eigenvalue weighted by atomic mass is 19.4. The molecule has 2 unspecified atom stereocenters. The number of rotatable bonds is 5. The average Bonchev–Trinajstić information content (AvgIpc) is 3.31. The van der Waals surface area contributed by atoms with Gasteiger partial charge in [0.2, 0.25) is 0 Å². The van der Waals surface area contributed by atoms with E-state index in [1.807, 2.05) is 0 Å². The standard InChI is InChI=1S/C27H40F3NO3/c1-17(15-31-12-10-22(16-31)34-27(28,29)30)23-8-9-24-19(5-4-11-26(23,24)3)6-7-20-13-21(32)14-25(33)18(20)2/h6-7,17,21-25,32-33H,2,4-5,8-16H2,1,3H3/t17?,21-,22?,23-,24+,25+,26-/m1/s1. The molecule has 4 fully saturated rings. The van der Waals surface area contributed by atoms with Crippen molar-refractivity contribution >= 4 is 0 Å². The van der Waals surface area contributed by atoms with Crippen molar-refractivity contribution in [2.75, 3.05) is 19.6 Å². The van der Waals surface area contributed by atoms with Gasteiger partial charge in [0, 0.05) is 26.1 Å². The molecule has 1 aliphatic heterocycles. The number of alkyl halides is 3. The third kappa shape index (κ3) is 5.63. The summed E-state index contributed by atoms with van der Waals surface area (Å²) in [6.07, 6.45) is 4.81. The Morgan fingerprint density at radius 1 is 1.24 bits per heavy atom. The Morgan fingerprint density at radius 3 is 2.74 bits per heavy atom. The molecule has 0 aromatic rings. The second-order valence-electron chi connectivity index (χ2n) is 11.4. The summed E-state index contributed by atoms with van der Waals surface area (Å²) in [5.74, 6) is 1.47. The SMILES string of the molecule is C=C1C(=CC=C2CCC[C@]3(C)[C@@H](C(C)CN4CCC(OC(F)(F)F)C4)CC[C@@H]23)C[C@@H](O)C[C@@H]1O. The smallest absolute Gasteiger partial charge is 0.393 e. The molecule has 3 aliphatic carbocycles. The molecule has 2 N–H and O–H groups in total. The van der Waals surface area contributed by atoms with Crippen molar-refractivity contribution < 1.29 is 28.1 Å². The van der Waals surface area contributed by atoms with Gasteiger partial charge in [-0.25, -0.2) is 0 Å². The number of allylic oxidation sites excluding steroid dienone is 3. The third-order valence-corrected chi connectivity index (χ3v) is 9.06. The Labute approximate surface area is 201 Å². The van der Waals surface area contributed by atoms with Gasteiger partial charge in [0.25, 0.3) is 0 Å². The summed E-state index contributed by atoms with van der Waals surface area (Å²) in [5.41, 5.74) is 3.32. The fourth-order valence-corrected chi connectivity index (χ4v) is 7.46. The Kier molecular flexibility index (Phi) is 7.68. The highest BCUT2D eigenvalue weighted by molar-refractivity contribution is 5.38. The molecule has 1 saturated heterocycles. The maximum atomic E-state index is 12.6. The maximum Gasteiger partial charge on any atom is 0.522 e. The van der Waals surface area contributed by atoms with Crippen LogP contribution < -0.4 is 0 Å². The minimum atomic E-state index is -4.56. The number of aliphatic hydroxyl groups excluding tert-OH is 2. The van der Waals surface area contributed by atoms with Gasteiger partial charge in [-0.15, -0.1) is 13.2 Å². The lowest BCUT2D eigenvalue weighted by atomic mass is 9.61. The van der Waals surface area contributed by atoms with Crippen molar-refractivity contribution in [2.45, 2.75) is 89.9 Å². The van der Waals surface area contributed by atoms with E-state index in [0.29, 0.717) is 50.1 Å². The van der Waals surface area contributed by atoms with Gasteiger partial charge >= 0.3 is 6.36 Å². The second-order valence-corrected chi connectivity index (χ2v) is 11.4. The highest BCUT2D eigenvalue weighted by Gasteiger charge is 2.51. The van der Waals surface area contributed by atoms with E-state index in [9.17, 15) is 23.4 Å². The predicted molar refractivity (Wildman–Crippen MR) is 126 cm³/mol. The Morgan fingerprint density at radius 2 is 2.00 bits per heavy atom. The molecule has 4 rings (SSSR count). The van der Waals surface area contributed by atoms with Crippen LogP contribution in [0, 0.1) is 23.2 Å². The van der Waals surface area contributed by atoms with Gasteiger partial charge < -0.3 is 15.1 Å². The molecule has 7 atom stereocenters. The predicted octanol–water partition coefficient (Wildman–Crippen LogP) is 5.37. The van der Waals surface area contributed by atoms with Crippen LogP contribution in [-0.4, -0.2) is 59.4 Å². The number of halogens is 3. The van der Waals surface area contributed by atoms with Gasteiger partial charge in [-0.3, -0.25) is 4.74 Å². The van der Waals surface area contributed by atoms with Gasteiger partial charge in [0.1, 0.15) is 0 Å². The summed E-state index contributed by atoms with van der Waals surface area (Å²) >= 11 is 0. The van der Waals surface area contributed by atoms with Crippen LogP contribution in [0.25, 0.3) is 0 Å². The molecule has 192 valence electrons. The first-order chi connectivity index (χ1) is 16.0. The number of aliphatic hydroxyl groups is 2. The Balaban J connectivity index is 1.41. The number of nitrogens with zero attached hydrogens (tertiary/aromatic N) is 1. The quantitative estimate of drug-likeness (QED) is 0.552. The summed E-state index contributed by atoms with van der Waals surface area (Å²) in [5, 5.41) is 20.2. The molecule has 0 bridgehead atoms. The molecular formula is C27H40F3NO3. The van der Waals surface area contributed by atoms with Crippen molar-refractivity contribution in [1.82, 2.24) is 4.90 Å². The first kappa shape index (κ1) is 25.9. The van der Waals surface area contributed by atoms with Crippen molar-refractivity contribution in [3.05, 3.63) is 35.5 Å². The minimum absolute atomic E-state index is 0.201. The molecule has 0 aromatic heterocycles. The summed E-state index contributed by atoms with van der Waals surface area (Å²) < 4.78 is 42.0. The van der Waals surface area contributed by atoms with E-state index in [4.69, 9.17) is 0 Å². The van der Waals surface area contributed by atoms with Crippen LogP contribution in [-0.2, 0) is 4.74 Å². The van der Waals surface area contributed by atoms with E-state index in [0.717, 1.165) is 43.4 Å². The normalized spacial score (nSPS) is 40.8. The van der Waals surface area contributed by atoms with E-state index in [2.05, 4.69) is 42.2 Å². The molecule has 34 heavy (non-hydrogen) atoms. The lowest BCUT2D eigenvalue weighted by molar-refractivity contribution is -0.340. The zero-order valence-electron chi connectivity index (χ0n) is 20.5. The number of likely N-dealkylation sites (tertiary alicyclic amines) is 1. The summed E-state index contributed by atoms with van der Waals surface area (Å²) in [6.45, 7) is 10.6. The molecule has 3 saturated carbocycles. The Hall–Kier alpha value is -1.15. The van der Waals surface area contributed by atoms with E-state index in [1.54, 1.807) is 0 Å². The second kappa shape index (κ2) is 10.1. The molecular weight excluding hydrogens is 443 g/mol. The Bertz CT molecular complexity index is 822. The fourth-order valence-electron chi connectivity index (χ4n) is 7.46. The topological polar surface area (TPSA) is 52.9 Å². The number of fused-ring (bicyclic) bond motifs is 1. The lowest BCUT2D eigenvalue weighted by Crippen LogP contribution is -2.39. The van der Waals surface area contributed by atoms with Crippen molar-refractivity contribution in [3.63, 3.8) is 0 Å². The lowest BCUT2D eigenvalue weighted by Gasteiger charge is -2.45. The average molecular weight is 484 g/mol. The highest BCUT2D eigenvalue weighted by Crippen LogP contribution is 2.59. The largest absolute Gasteiger partial charge is 0.522 e.